The van der Waals surface area contributed by atoms with Crippen molar-refractivity contribution >= 4 is 5.57 Å². The summed E-state index contributed by atoms with van der Waals surface area (Å²) in [6, 6.07) is 11.1. The van der Waals surface area contributed by atoms with Crippen LogP contribution in [0, 0.1) is 12.5 Å². The van der Waals surface area contributed by atoms with Crippen molar-refractivity contribution in [2.75, 3.05) is 0 Å². The minimum atomic E-state index is 1.04. The van der Waals surface area contributed by atoms with Gasteiger partial charge in [-0.05, 0) is 22.8 Å². The van der Waals surface area contributed by atoms with Gasteiger partial charge in [-0.1, -0.05) is 49.1 Å². The summed E-state index contributed by atoms with van der Waals surface area (Å²) in [4.78, 5) is 0. The van der Waals surface area contributed by atoms with Gasteiger partial charge in [0.25, 0.3) is 0 Å². The van der Waals surface area contributed by atoms with Crippen molar-refractivity contribution in [3.63, 3.8) is 0 Å². The Morgan fingerprint density at radius 2 is 2.15 bits per heavy atom. The van der Waals surface area contributed by atoms with Gasteiger partial charge in [0.05, 0.1) is 0 Å². The predicted molar refractivity (Wildman–Crippen MR) is 55.8 cm³/mol. The fourth-order valence-corrected chi connectivity index (χ4v) is 1.31. The maximum Gasteiger partial charge on any atom is 0.0199 e. The van der Waals surface area contributed by atoms with Crippen molar-refractivity contribution < 1.29 is 0 Å². The first-order valence-electron chi connectivity index (χ1n) is 4.25. The SMILES string of the molecule is C=C1[CH]C(c2[c]cccc2)=CC=C1. The standard InChI is InChI=1S/C13H10/c1-11-6-5-9-13(10-11)12-7-3-2-4-8-12/h2-7,9-10H,1H2. The zero-order valence-corrected chi connectivity index (χ0v) is 7.33. The van der Waals surface area contributed by atoms with E-state index in [-0.39, 0.29) is 0 Å². The molecule has 0 heterocycles. The molecule has 0 saturated heterocycles. The zero-order valence-electron chi connectivity index (χ0n) is 7.33. The molecule has 13 heavy (non-hydrogen) atoms. The van der Waals surface area contributed by atoms with Crippen LogP contribution in [-0.4, -0.2) is 0 Å². The Labute approximate surface area is 78.9 Å². The normalized spacial score (nSPS) is 15.7. The number of hydrogen-bond donors (Lipinski definition) is 0. The Morgan fingerprint density at radius 3 is 2.85 bits per heavy atom. The second-order valence-electron chi connectivity index (χ2n) is 2.98. The van der Waals surface area contributed by atoms with Crippen LogP contribution >= 0.6 is 0 Å². The van der Waals surface area contributed by atoms with E-state index in [1.54, 1.807) is 0 Å². The monoisotopic (exact) mass is 166 g/mol. The predicted octanol–water partition coefficient (Wildman–Crippen LogP) is 3.20. The van der Waals surface area contributed by atoms with E-state index in [0.29, 0.717) is 0 Å². The molecular formula is C13H10. The van der Waals surface area contributed by atoms with E-state index in [4.69, 9.17) is 0 Å². The zero-order chi connectivity index (χ0) is 9.10. The van der Waals surface area contributed by atoms with Gasteiger partial charge in [-0.2, -0.15) is 0 Å². The van der Waals surface area contributed by atoms with Crippen molar-refractivity contribution in [3.05, 3.63) is 72.7 Å². The van der Waals surface area contributed by atoms with Gasteiger partial charge in [-0.15, -0.1) is 0 Å². The molecule has 2 radical (unpaired) electrons. The molecule has 0 bridgehead atoms. The molecule has 0 saturated carbocycles. The van der Waals surface area contributed by atoms with E-state index in [1.807, 2.05) is 30.4 Å². The fraction of sp³-hybridized carbons (Fsp3) is 0. The molecule has 0 spiro atoms. The van der Waals surface area contributed by atoms with Gasteiger partial charge in [0, 0.05) is 6.42 Å². The molecule has 0 nitrogen and oxygen atoms in total. The third-order valence-electron chi connectivity index (χ3n) is 1.95. The van der Waals surface area contributed by atoms with Gasteiger partial charge < -0.3 is 0 Å². The van der Waals surface area contributed by atoms with Crippen LogP contribution in [0.5, 0.6) is 0 Å². The molecule has 0 unspecified atom stereocenters. The van der Waals surface area contributed by atoms with Crippen LogP contribution in [0.1, 0.15) is 5.56 Å². The second kappa shape index (κ2) is 3.44. The van der Waals surface area contributed by atoms with Crippen molar-refractivity contribution in [1.29, 1.82) is 0 Å². The molecule has 0 heteroatoms. The minimum Gasteiger partial charge on any atom is -0.0952 e. The average molecular weight is 166 g/mol. The molecule has 1 aliphatic carbocycles. The van der Waals surface area contributed by atoms with Crippen molar-refractivity contribution in [1.82, 2.24) is 0 Å². The van der Waals surface area contributed by atoms with Crippen LogP contribution in [0.3, 0.4) is 0 Å². The highest BCUT2D eigenvalue weighted by molar-refractivity contribution is 5.78. The lowest BCUT2D eigenvalue weighted by Crippen LogP contribution is -1.90. The lowest BCUT2D eigenvalue weighted by atomic mass is 9.95. The minimum absolute atomic E-state index is 1.04. The molecule has 0 aliphatic heterocycles. The van der Waals surface area contributed by atoms with Gasteiger partial charge in [0.15, 0.2) is 0 Å². The smallest absolute Gasteiger partial charge is 0.0199 e. The summed E-state index contributed by atoms with van der Waals surface area (Å²) < 4.78 is 0. The van der Waals surface area contributed by atoms with Crippen molar-refractivity contribution in [2.24, 2.45) is 0 Å². The van der Waals surface area contributed by atoms with Gasteiger partial charge in [-0.25, -0.2) is 0 Å². The molecule has 1 aromatic rings. The first kappa shape index (κ1) is 8.06. The van der Waals surface area contributed by atoms with Crippen LogP contribution < -0.4 is 0 Å². The Kier molecular flexibility index (Phi) is 2.13. The van der Waals surface area contributed by atoms with Crippen LogP contribution in [0.15, 0.2) is 54.6 Å². The van der Waals surface area contributed by atoms with Gasteiger partial charge in [0.1, 0.15) is 0 Å². The van der Waals surface area contributed by atoms with Crippen LogP contribution in [-0.2, 0) is 0 Å². The van der Waals surface area contributed by atoms with Crippen molar-refractivity contribution in [3.8, 4) is 0 Å². The third kappa shape index (κ3) is 1.78. The number of benzene rings is 1. The van der Waals surface area contributed by atoms with E-state index in [1.165, 1.54) is 5.57 Å². The largest absolute Gasteiger partial charge is 0.0952 e. The molecule has 1 aromatic carbocycles. The summed E-state index contributed by atoms with van der Waals surface area (Å²) in [5.41, 5.74) is 3.33. The molecule has 0 N–H and O–H groups in total. The number of allylic oxidation sites excluding steroid dienone is 5. The van der Waals surface area contributed by atoms with Gasteiger partial charge in [-0.3, -0.25) is 0 Å². The molecule has 62 valence electrons. The first-order chi connectivity index (χ1) is 6.36. The van der Waals surface area contributed by atoms with Gasteiger partial charge >= 0.3 is 0 Å². The van der Waals surface area contributed by atoms with Crippen LogP contribution in [0.2, 0.25) is 0 Å². The van der Waals surface area contributed by atoms with E-state index < -0.39 is 0 Å². The summed E-state index contributed by atoms with van der Waals surface area (Å²) in [5, 5.41) is 0. The maximum absolute atomic E-state index is 3.89. The molecule has 0 aromatic heterocycles. The maximum atomic E-state index is 3.89. The first-order valence-corrected chi connectivity index (χ1v) is 4.25. The molecule has 1 aliphatic rings. The second-order valence-corrected chi connectivity index (χ2v) is 2.98. The van der Waals surface area contributed by atoms with E-state index >= 15 is 0 Å². The molecular weight excluding hydrogens is 156 g/mol. The van der Waals surface area contributed by atoms with E-state index in [9.17, 15) is 0 Å². The topological polar surface area (TPSA) is 0 Å². The van der Waals surface area contributed by atoms with E-state index in [0.717, 1.165) is 11.1 Å². The summed E-state index contributed by atoms with van der Waals surface area (Å²) in [5.74, 6) is 0. The Hall–Kier alpha value is -1.56. The number of hydrogen-bond acceptors (Lipinski definition) is 0. The molecule has 2 rings (SSSR count). The summed E-state index contributed by atoms with van der Waals surface area (Å²) in [6.45, 7) is 3.89. The quantitative estimate of drug-likeness (QED) is 0.601. The molecule has 0 amide bonds. The lowest BCUT2D eigenvalue weighted by Gasteiger charge is -2.09. The fourth-order valence-electron chi connectivity index (χ4n) is 1.31. The molecule has 0 fully saturated rings. The Balaban J connectivity index is 2.33. The van der Waals surface area contributed by atoms with Crippen molar-refractivity contribution in [2.45, 2.75) is 0 Å². The van der Waals surface area contributed by atoms with Gasteiger partial charge in [0.2, 0.25) is 0 Å². The van der Waals surface area contributed by atoms with E-state index in [2.05, 4.69) is 31.2 Å². The Bertz CT molecular complexity index is 366. The highest BCUT2D eigenvalue weighted by Gasteiger charge is 2.04. The summed E-state index contributed by atoms with van der Waals surface area (Å²) in [6.07, 6.45) is 8.14. The summed E-state index contributed by atoms with van der Waals surface area (Å²) >= 11 is 0. The summed E-state index contributed by atoms with van der Waals surface area (Å²) in [7, 11) is 0. The third-order valence-corrected chi connectivity index (χ3v) is 1.95. The number of rotatable bonds is 1. The average Bonchev–Trinajstić information content (AvgIpc) is 2.19. The molecule has 0 atom stereocenters. The lowest BCUT2D eigenvalue weighted by molar-refractivity contribution is 1.50. The van der Waals surface area contributed by atoms with Crippen LogP contribution in [0.25, 0.3) is 5.57 Å². The highest BCUT2D eigenvalue weighted by atomic mass is 14.1. The highest BCUT2D eigenvalue weighted by Crippen LogP contribution is 2.23. The Morgan fingerprint density at radius 1 is 1.23 bits per heavy atom. The van der Waals surface area contributed by atoms with Crippen LogP contribution in [0.4, 0.5) is 0 Å².